The first-order chi connectivity index (χ1) is 10.2. The molecule has 0 aliphatic carbocycles. The fourth-order valence-corrected chi connectivity index (χ4v) is 3.71. The molecule has 4 heteroatoms. The molecule has 2 heterocycles. The van der Waals surface area contributed by atoms with Gasteiger partial charge in [0.1, 0.15) is 6.33 Å². The van der Waals surface area contributed by atoms with E-state index in [2.05, 4.69) is 53.2 Å². The van der Waals surface area contributed by atoms with E-state index >= 15 is 0 Å². The number of hydrogen-bond acceptors (Lipinski definition) is 4. The predicted octanol–water partition coefficient (Wildman–Crippen LogP) is 3.39. The van der Waals surface area contributed by atoms with Crippen LogP contribution in [0.15, 0.2) is 43.0 Å². The monoisotopic (exact) mass is 297 g/mol. The minimum absolute atomic E-state index is 0.910. The Morgan fingerprint density at radius 2 is 1.86 bits per heavy atom. The Balaban J connectivity index is 1.99. The summed E-state index contributed by atoms with van der Waals surface area (Å²) in [6, 6.07) is 8.67. The molecule has 0 radical (unpaired) electrons. The Kier molecular flexibility index (Phi) is 4.27. The lowest BCUT2D eigenvalue weighted by Gasteiger charge is -2.10. The Morgan fingerprint density at radius 1 is 1.10 bits per heavy atom. The zero-order valence-corrected chi connectivity index (χ0v) is 13.2. The van der Waals surface area contributed by atoms with E-state index in [0.717, 1.165) is 19.4 Å². The van der Waals surface area contributed by atoms with Crippen molar-refractivity contribution >= 4 is 21.4 Å². The van der Waals surface area contributed by atoms with Gasteiger partial charge < -0.3 is 4.90 Å². The molecule has 0 aliphatic rings. The quantitative estimate of drug-likeness (QED) is 0.723. The maximum absolute atomic E-state index is 4.13. The highest BCUT2D eigenvalue weighted by molar-refractivity contribution is 7.19. The van der Waals surface area contributed by atoms with Gasteiger partial charge in [-0.1, -0.05) is 18.2 Å². The third-order valence-electron chi connectivity index (χ3n) is 3.56. The van der Waals surface area contributed by atoms with Crippen molar-refractivity contribution in [2.75, 3.05) is 20.6 Å². The summed E-state index contributed by atoms with van der Waals surface area (Å²) in [5, 5.41) is 1.38. The number of rotatable bonds is 5. The van der Waals surface area contributed by atoms with Crippen LogP contribution in [0.2, 0.25) is 0 Å². The van der Waals surface area contributed by atoms with Crippen LogP contribution < -0.4 is 0 Å². The van der Waals surface area contributed by atoms with E-state index in [9.17, 15) is 0 Å². The number of likely N-dealkylation sites (N-methyl/N-ethyl adjacent to an activating group) is 1. The second kappa shape index (κ2) is 6.33. The lowest BCUT2D eigenvalue weighted by atomic mass is 10.0. The Bertz CT molecular complexity index is 719. The third-order valence-corrected chi connectivity index (χ3v) is 4.84. The van der Waals surface area contributed by atoms with E-state index in [4.69, 9.17) is 0 Å². The van der Waals surface area contributed by atoms with Gasteiger partial charge in [0.05, 0.1) is 0 Å². The molecule has 0 aliphatic heterocycles. The van der Waals surface area contributed by atoms with Crippen molar-refractivity contribution in [2.45, 2.75) is 12.8 Å². The molecule has 3 nitrogen and oxygen atoms in total. The topological polar surface area (TPSA) is 29.0 Å². The van der Waals surface area contributed by atoms with E-state index in [1.54, 1.807) is 6.33 Å². The summed E-state index contributed by atoms with van der Waals surface area (Å²) in [6.45, 7) is 1.07. The summed E-state index contributed by atoms with van der Waals surface area (Å²) in [4.78, 5) is 12.0. The van der Waals surface area contributed by atoms with Gasteiger partial charge in [-0.05, 0) is 43.1 Å². The van der Waals surface area contributed by atoms with Gasteiger partial charge in [-0.15, -0.1) is 11.3 Å². The highest BCUT2D eigenvalue weighted by Crippen LogP contribution is 2.33. The molecule has 0 unspecified atom stereocenters. The number of hydrogen-bond donors (Lipinski definition) is 0. The first kappa shape index (κ1) is 14.2. The van der Waals surface area contributed by atoms with Crippen LogP contribution in [0, 0.1) is 0 Å². The van der Waals surface area contributed by atoms with Gasteiger partial charge in [0.2, 0.25) is 0 Å². The lowest BCUT2D eigenvalue weighted by Crippen LogP contribution is -2.15. The van der Waals surface area contributed by atoms with Crippen molar-refractivity contribution in [3.05, 3.63) is 59.0 Å². The maximum atomic E-state index is 4.13. The van der Waals surface area contributed by atoms with Crippen LogP contribution in [0.25, 0.3) is 10.1 Å². The number of fused-ring (bicyclic) bond motifs is 1. The minimum Gasteiger partial charge on any atom is -0.309 e. The van der Waals surface area contributed by atoms with Crippen molar-refractivity contribution in [1.82, 2.24) is 14.9 Å². The summed E-state index contributed by atoms with van der Waals surface area (Å²) >= 11 is 1.92. The van der Waals surface area contributed by atoms with Crippen molar-refractivity contribution in [3.63, 3.8) is 0 Å². The average molecular weight is 297 g/mol. The molecule has 1 aromatic carbocycles. The second-order valence-electron chi connectivity index (χ2n) is 5.48. The molecule has 3 aromatic rings. The average Bonchev–Trinajstić information content (AvgIpc) is 2.84. The summed E-state index contributed by atoms with van der Waals surface area (Å²) in [7, 11) is 4.25. The van der Waals surface area contributed by atoms with Gasteiger partial charge >= 0.3 is 0 Å². The summed E-state index contributed by atoms with van der Waals surface area (Å²) in [6.07, 6.45) is 7.41. The zero-order chi connectivity index (χ0) is 14.7. The number of nitrogens with zero attached hydrogens (tertiary/aromatic N) is 3. The third kappa shape index (κ3) is 3.28. The summed E-state index contributed by atoms with van der Waals surface area (Å²) < 4.78 is 1.37. The largest absolute Gasteiger partial charge is 0.309 e. The molecule has 0 saturated carbocycles. The van der Waals surface area contributed by atoms with E-state index in [-0.39, 0.29) is 0 Å². The molecule has 3 rings (SSSR count). The minimum atomic E-state index is 0.910. The smallest absolute Gasteiger partial charge is 0.115 e. The van der Waals surface area contributed by atoms with Crippen LogP contribution in [0.4, 0.5) is 0 Å². The summed E-state index contributed by atoms with van der Waals surface area (Å²) in [5.74, 6) is 0. The SMILES string of the molecule is CN(C)CCc1sc2ccccc2c1Cc1cncnc1. The van der Waals surface area contributed by atoms with Crippen LogP contribution in [0.3, 0.4) is 0 Å². The van der Waals surface area contributed by atoms with Crippen molar-refractivity contribution in [2.24, 2.45) is 0 Å². The fourth-order valence-electron chi connectivity index (χ4n) is 2.50. The number of thiophene rings is 1. The standard InChI is InChI=1S/C17H19N3S/c1-20(2)8-7-17-15(9-13-10-18-12-19-11-13)14-5-3-4-6-16(14)21-17/h3-6,10-12H,7-9H2,1-2H3. The fraction of sp³-hybridized carbons (Fsp3) is 0.294. The van der Waals surface area contributed by atoms with Crippen LogP contribution in [0.1, 0.15) is 16.0 Å². The van der Waals surface area contributed by atoms with Gasteiger partial charge in [0.25, 0.3) is 0 Å². The molecular formula is C17H19N3S. The van der Waals surface area contributed by atoms with Gasteiger partial charge in [0, 0.05) is 34.9 Å². The van der Waals surface area contributed by atoms with Gasteiger partial charge in [-0.25, -0.2) is 9.97 Å². The molecule has 0 bridgehead atoms. The van der Waals surface area contributed by atoms with Gasteiger partial charge in [-0.2, -0.15) is 0 Å². The molecule has 0 spiro atoms. The van der Waals surface area contributed by atoms with E-state index in [1.807, 2.05) is 23.7 Å². The molecule has 0 amide bonds. The second-order valence-corrected chi connectivity index (χ2v) is 6.61. The van der Waals surface area contributed by atoms with Crippen molar-refractivity contribution < 1.29 is 0 Å². The zero-order valence-electron chi connectivity index (χ0n) is 12.4. The first-order valence-electron chi connectivity index (χ1n) is 7.12. The van der Waals surface area contributed by atoms with E-state index < -0.39 is 0 Å². The van der Waals surface area contributed by atoms with Crippen LogP contribution in [-0.2, 0) is 12.8 Å². The van der Waals surface area contributed by atoms with E-state index in [1.165, 1.54) is 26.1 Å². The van der Waals surface area contributed by atoms with Crippen molar-refractivity contribution in [3.8, 4) is 0 Å². The molecule has 0 saturated heterocycles. The molecule has 21 heavy (non-hydrogen) atoms. The molecular weight excluding hydrogens is 278 g/mol. The number of benzene rings is 1. The van der Waals surface area contributed by atoms with Crippen molar-refractivity contribution in [1.29, 1.82) is 0 Å². The summed E-state index contributed by atoms with van der Waals surface area (Å²) in [5.41, 5.74) is 2.61. The Labute approximate surface area is 129 Å². The lowest BCUT2D eigenvalue weighted by molar-refractivity contribution is 0.414. The van der Waals surface area contributed by atoms with Crippen LogP contribution in [-0.4, -0.2) is 35.5 Å². The van der Waals surface area contributed by atoms with Gasteiger partial charge in [0.15, 0.2) is 0 Å². The maximum Gasteiger partial charge on any atom is 0.115 e. The normalized spacial score (nSPS) is 11.4. The van der Waals surface area contributed by atoms with Crippen LogP contribution >= 0.6 is 11.3 Å². The Hall–Kier alpha value is -1.78. The molecule has 108 valence electrons. The Morgan fingerprint density at radius 3 is 2.62 bits per heavy atom. The molecule has 0 N–H and O–H groups in total. The number of aromatic nitrogens is 2. The van der Waals surface area contributed by atoms with Crippen LogP contribution in [0.5, 0.6) is 0 Å². The van der Waals surface area contributed by atoms with Gasteiger partial charge in [-0.3, -0.25) is 0 Å². The first-order valence-corrected chi connectivity index (χ1v) is 7.93. The molecule has 0 atom stereocenters. The molecule has 0 fully saturated rings. The highest BCUT2D eigenvalue weighted by Gasteiger charge is 2.12. The molecule has 2 aromatic heterocycles. The van der Waals surface area contributed by atoms with E-state index in [0.29, 0.717) is 0 Å². The highest BCUT2D eigenvalue weighted by atomic mass is 32.1. The predicted molar refractivity (Wildman–Crippen MR) is 88.9 cm³/mol.